The van der Waals surface area contributed by atoms with Crippen LogP contribution in [-0.2, 0) is 0 Å². The largest absolute Gasteiger partial charge is 0.337 e. The molecule has 1 N–H and O–H groups in total. The van der Waals surface area contributed by atoms with E-state index >= 15 is 0 Å². The second-order valence-corrected chi connectivity index (χ2v) is 6.96. The number of nitrogens with zero attached hydrogens (tertiary/aromatic N) is 3. The number of urea groups is 1. The van der Waals surface area contributed by atoms with Gasteiger partial charge in [-0.05, 0) is 25.7 Å². The van der Waals surface area contributed by atoms with Gasteiger partial charge < -0.3 is 14.7 Å². The molecule has 2 fully saturated rings. The Bertz CT molecular complexity index is 709. The smallest absolute Gasteiger partial charge is 0.318 e. The number of benzene rings is 1. The third-order valence-electron chi connectivity index (χ3n) is 5.21. The van der Waals surface area contributed by atoms with Gasteiger partial charge in [0, 0.05) is 18.2 Å². The maximum Gasteiger partial charge on any atom is 0.318 e. The van der Waals surface area contributed by atoms with E-state index in [4.69, 9.17) is 4.52 Å². The molecule has 6 heteroatoms. The number of amides is 2. The lowest BCUT2D eigenvalue weighted by molar-refractivity contribution is 0.173. The van der Waals surface area contributed by atoms with Crippen LogP contribution in [0.25, 0.3) is 11.4 Å². The second kappa shape index (κ2) is 7.25. The highest BCUT2D eigenvalue weighted by Gasteiger charge is 2.35. The van der Waals surface area contributed by atoms with Crippen molar-refractivity contribution in [2.24, 2.45) is 0 Å². The van der Waals surface area contributed by atoms with Gasteiger partial charge in [0.2, 0.25) is 11.7 Å². The molecule has 0 bridgehead atoms. The third kappa shape index (κ3) is 3.52. The lowest BCUT2D eigenvalue weighted by Crippen LogP contribution is -2.45. The summed E-state index contributed by atoms with van der Waals surface area (Å²) in [5.41, 5.74) is 0.925. The summed E-state index contributed by atoms with van der Waals surface area (Å²) in [5, 5.41) is 7.29. The van der Waals surface area contributed by atoms with E-state index in [1.54, 1.807) is 0 Å². The van der Waals surface area contributed by atoms with Gasteiger partial charge in [-0.25, -0.2) is 4.79 Å². The van der Waals surface area contributed by atoms with E-state index in [9.17, 15) is 4.79 Å². The molecule has 6 nitrogen and oxygen atoms in total. The van der Waals surface area contributed by atoms with E-state index in [2.05, 4.69) is 15.5 Å². The molecule has 1 saturated carbocycles. The van der Waals surface area contributed by atoms with Crippen molar-refractivity contribution in [3.8, 4) is 11.4 Å². The molecule has 1 atom stereocenters. The average Bonchev–Trinajstić information content (AvgIpc) is 3.32. The monoisotopic (exact) mass is 340 g/mol. The minimum atomic E-state index is -0.117. The van der Waals surface area contributed by atoms with E-state index in [1.807, 2.05) is 35.2 Å². The molecule has 4 rings (SSSR count). The lowest BCUT2D eigenvalue weighted by Gasteiger charge is -2.28. The Hall–Kier alpha value is -2.37. The molecule has 2 aliphatic rings. The number of hydrogen-bond acceptors (Lipinski definition) is 4. The molecule has 2 aromatic rings. The topological polar surface area (TPSA) is 71.3 Å². The zero-order valence-electron chi connectivity index (χ0n) is 14.4. The number of rotatable bonds is 3. The first-order valence-corrected chi connectivity index (χ1v) is 9.27. The van der Waals surface area contributed by atoms with E-state index < -0.39 is 0 Å². The first kappa shape index (κ1) is 16.1. The van der Waals surface area contributed by atoms with Crippen molar-refractivity contribution in [2.45, 2.75) is 57.0 Å². The van der Waals surface area contributed by atoms with Crippen LogP contribution in [0.15, 0.2) is 34.9 Å². The maximum absolute atomic E-state index is 12.7. The van der Waals surface area contributed by atoms with Crippen molar-refractivity contribution in [2.75, 3.05) is 6.54 Å². The Labute approximate surface area is 147 Å². The number of carbonyl (C=O) groups is 1. The van der Waals surface area contributed by atoms with Crippen molar-refractivity contribution in [3.63, 3.8) is 0 Å². The molecule has 2 heterocycles. The highest BCUT2D eigenvalue weighted by molar-refractivity contribution is 5.75. The van der Waals surface area contributed by atoms with Crippen molar-refractivity contribution < 1.29 is 9.32 Å². The van der Waals surface area contributed by atoms with Crippen LogP contribution in [0.5, 0.6) is 0 Å². The maximum atomic E-state index is 12.7. The molecular weight excluding hydrogens is 316 g/mol. The van der Waals surface area contributed by atoms with Crippen molar-refractivity contribution in [3.05, 3.63) is 36.2 Å². The van der Waals surface area contributed by atoms with Crippen LogP contribution in [0.1, 0.15) is 56.9 Å². The van der Waals surface area contributed by atoms with E-state index in [1.165, 1.54) is 19.3 Å². The molecule has 1 aromatic heterocycles. The summed E-state index contributed by atoms with van der Waals surface area (Å²) in [6.07, 6.45) is 7.70. The number of carbonyl (C=O) groups excluding carboxylic acids is 1. The van der Waals surface area contributed by atoms with Gasteiger partial charge in [0.05, 0.1) is 0 Å². The van der Waals surface area contributed by atoms with Gasteiger partial charge in [0.25, 0.3) is 0 Å². The van der Waals surface area contributed by atoms with E-state index in [0.29, 0.717) is 17.8 Å². The van der Waals surface area contributed by atoms with Crippen LogP contribution in [0, 0.1) is 0 Å². The quantitative estimate of drug-likeness (QED) is 0.919. The van der Waals surface area contributed by atoms with Crippen LogP contribution in [0.3, 0.4) is 0 Å². The van der Waals surface area contributed by atoms with Crippen LogP contribution in [-0.4, -0.2) is 33.7 Å². The van der Waals surface area contributed by atoms with Crippen molar-refractivity contribution >= 4 is 6.03 Å². The molecule has 1 aliphatic heterocycles. The lowest BCUT2D eigenvalue weighted by atomic mass is 9.96. The van der Waals surface area contributed by atoms with Gasteiger partial charge in [-0.1, -0.05) is 54.8 Å². The molecule has 1 aliphatic carbocycles. The number of aromatic nitrogens is 2. The Kier molecular flexibility index (Phi) is 4.68. The SMILES string of the molecule is O=C(NC1CCCCC1)N1CCCC1c1nc(-c2ccccc2)no1. The molecule has 132 valence electrons. The highest BCUT2D eigenvalue weighted by atomic mass is 16.5. The molecule has 1 saturated heterocycles. The van der Waals surface area contributed by atoms with Crippen LogP contribution >= 0.6 is 0 Å². The molecule has 1 aromatic carbocycles. The minimum absolute atomic E-state index is 0.00820. The Morgan fingerprint density at radius 1 is 1.08 bits per heavy atom. The van der Waals surface area contributed by atoms with Gasteiger partial charge >= 0.3 is 6.03 Å². The first-order valence-electron chi connectivity index (χ1n) is 9.27. The first-order chi connectivity index (χ1) is 12.3. The molecule has 2 amide bonds. The van der Waals surface area contributed by atoms with Crippen LogP contribution in [0.2, 0.25) is 0 Å². The summed E-state index contributed by atoms with van der Waals surface area (Å²) in [4.78, 5) is 19.1. The zero-order valence-corrected chi connectivity index (χ0v) is 14.4. The summed E-state index contributed by atoms with van der Waals surface area (Å²) >= 11 is 0. The average molecular weight is 340 g/mol. The standard InChI is InChI=1S/C19H24N4O2/c24-19(20-15-10-5-2-6-11-15)23-13-7-12-16(23)18-21-17(22-25-18)14-8-3-1-4-9-14/h1,3-4,8-9,15-16H,2,5-7,10-13H2,(H,20,24). The minimum Gasteiger partial charge on any atom is -0.337 e. The van der Waals surface area contributed by atoms with E-state index in [0.717, 1.165) is 37.8 Å². The highest BCUT2D eigenvalue weighted by Crippen LogP contribution is 2.32. The summed E-state index contributed by atoms with van der Waals surface area (Å²) in [5.74, 6) is 1.12. The van der Waals surface area contributed by atoms with Gasteiger partial charge in [-0.2, -0.15) is 4.98 Å². The van der Waals surface area contributed by atoms with Gasteiger partial charge in [-0.3, -0.25) is 0 Å². The molecule has 0 spiro atoms. The normalized spacial score (nSPS) is 21.4. The summed E-state index contributed by atoms with van der Waals surface area (Å²) in [7, 11) is 0. The summed E-state index contributed by atoms with van der Waals surface area (Å²) < 4.78 is 5.49. The molecule has 1 unspecified atom stereocenters. The fourth-order valence-electron chi connectivity index (χ4n) is 3.85. The third-order valence-corrected chi connectivity index (χ3v) is 5.21. The van der Waals surface area contributed by atoms with Crippen LogP contribution < -0.4 is 5.32 Å². The van der Waals surface area contributed by atoms with Gasteiger partial charge in [0.1, 0.15) is 6.04 Å². The van der Waals surface area contributed by atoms with Crippen molar-refractivity contribution in [1.29, 1.82) is 0 Å². The Morgan fingerprint density at radius 2 is 1.88 bits per heavy atom. The summed E-state index contributed by atoms with van der Waals surface area (Å²) in [6, 6.07) is 9.97. The zero-order chi connectivity index (χ0) is 17.1. The Morgan fingerprint density at radius 3 is 2.68 bits per heavy atom. The predicted molar refractivity (Wildman–Crippen MR) is 93.8 cm³/mol. The fraction of sp³-hybridized carbons (Fsp3) is 0.526. The second-order valence-electron chi connectivity index (χ2n) is 6.96. The number of nitrogens with one attached hydrogen (secondary N) is 1. The molecule has 25 heavy (non-hydrogen) atoms. The fourth-order valence-corrected chi connectivity index (χ4v) is 3.85. The van der Waals surface area contributed by atoms with Gasteiger partial charge in [0.15, 0.2) is 0 Å². The van der Waals surface area contributed by atoms with E-state index in [-0.39, 0.29) is 12.1 Å². The number of likely N-dealkylation sites (tertiary alicyclic amines) is 1. The Balaban J connectivity index is 1.46. The molecular formula is C19H24N4O2. The van der Waals surface area contributed by atoms with Crippen molar-refractivity contribution in [1.82, 2.24) is 20.4 Å². The summed E-state index contributed by atoms with van der Waals surface area (Å²) in [6.45, 7) is 0.742. The van der Waals surface area contributed by atoms with Gasteiger partial charge in [-0.15, -0.1) is 0 Å². The predicted octanol–water partition coefficient (Wildman–Crippen LogP) is 3.92. The molecule has 0 radical (unpaired) electrons. The van der Waals surface area contributed by atoms with Crippen LogP contribution in [0.4, 0.5) is 4.79 Å². The number of hydrogen-bond donors (Lipinski definition) is 1.